The van der Waals surface area contributed by atoms with Crippen LogP contribution in [0.3, 0.4) is 0 Å². The van der Waals surface area contributed by atoms with Crippen LogP contribution in [0.5, 0.6) is 0 Å². The van der Waals surface area contributed by atoms with Crippen molar-refractivity contribution in [2.75, 3.05) is 20.1 Å². The number of halogens is 1. The molecule has 0 amide bonds. The first-order valence-electron chi connectivity index (χ1n) is 5.36. The number of rotatable bonds is 8. The van der Waals surface area contributed by atoms with Crippen molar-refractivity contribution in [2.45, 2.75) is 39.2 Å². The van der Waals surface area contributed by atoms with Crippen LogP contribution in [0.15, 0.2) is 0 Å². The Kier molecular flexibility index (Phi) is 10.6. The fraction of sp³-hybridized carbons (Fsp3) is 1.00. The highest BCUT2D eigenvalue weighted by Crippen LogP contribution is 1.98. The summed E-state index contributed by atoms with van der Waals surface area (Å²) in [5.41, 5.74) is 5.53. The largest absolute Gasteiger partial charge is 0.328 e. The van der Waals surface area contributed by atoms with Gasteiger partial charge in [-0.15, -0.1) is 12.4 Å². The van der Waals surface area contributed by atoms with Crippen LogP contribution in [0, 0.1) is 0 Å². The van der Waals surface area contributed by atoms with E-state index in [4.69, 9.17) is 5.73 Å². The minimum absolute atomic E-state index is 0. The first kappa shape index (κ1) is 18.5. The van der Waals surface area contributed by atoms with Gasteiger partial charge < -0.3 is 5.73 Å². The molecule has 7 heteroatoms. The first-order valence-corrected chi connectivity index (χ1v) is 6.80. The third kappa shape index (κ3) is 8.29. The predicted octanol–water partition coefficient (Wildman–Crippen LogP) is 0.712. The molecule has 0 aromatic heterocycles. The van der Waals surface area contributed by atoms with Gasteiger partial charge >= 0.3 is 0 Å². The molecular weight excluding hydrogens is 250 g/mol. The van der Waals surface area contributed by atoms with Crippen LogP contribution >= 0.6 is 12.4 Å². The molecule has 5 nitrogen and oxygen atoms in total. The summed E-state index contributed by atoms with van der Waals surface area (Å²) in [5.74, 6) is 0. The summed E-state index contributed by atoms with van der Waals surface area (Å²) in [6.45, 7) is 4.85. The van der Waals surface area contributed by atoms with Crippen LogP contribution < -0.4 is 10.5 Å². The SMILES string of the molecule is CCCCN(C)S(=O)(=O)NCCC(C)N.Cl. The molecule has 0 aliphatic heterocycles. The molecule has 0 aliphatic carbocycles. The van der Waals surface area contributed by atoms with Crippen molar-refractivity contribution in [3.8, 4) is 0 Å². The van der Waals surface area contributed by atoms with Crippen LogP contribution in [-0.2, 0) is 10.2 Å². The summed E-state index contributed by atoms with van der Waals surface area (Å²) < 4.78 is 27.0. The standard InChI is InChI=1S/C9H23N3O2S.ClH/c1-4-5-8-12(3)15(13,14)11-7-6-9(2)10;/h9,11H,4-8,10H2,1-3H3;1H. The van der Waals surface area contributed by atoms with Crippen LogP contribution in [-0.4, -0.2) is 38.9 Å². The van der Waals surface area contributed by atoms with E-state index in [-0.39, 0.29) is 18.4 Å². The lowest BCUT2D eigenvalue weighted by Crippen LogP contribution is -2.40. The van der Waals surface area contributed by atoms with Gasteiger partial charge in [-0.05, 0) is 19.8 Å². The normalized spacial score (nSPS) is 13.6. The van der Waals surface area contributed by atoms with Crippen LogP contribution in [0.2, 0.25) is 0 Å². The minimum Gasteiger partial charge on any atom is -0.328 e. The van der Waals surface area contributed by atoms with E-state index in [1.165, 1.54) is 4.31 Å². The quantitative estimate of drug-likeness (QED) is 0.684. The van der Waals surface area contributed by atoms with Gasteiger partial charge in [0.1, 0.15) is 0 Å². The van der Waals surface area contributed by atoms with Gasteiger partial charge in [0.2, 0.25) is 0 Å². The fourth-order valence-corrected chi connectivity index (χ4v) is 1.99. The molecule has 16 heavy (non-hydrogen) atoms. The van der Waals surface area contributed by atoms with Gasteiger partial charge in [0.25, 0.3) is 10.2 Å². The Balaban J connectivity index is 0. The predicted molar refractivity (Wildman–Crippen MR) is 70.0 cm³/mol. The fourth-order valence-electron chi connectivity index (χ4n) is 1.03. The van der Waals surface area contributed by atoms with E-state index in [0.29, 0.717) is 19.5 Å². The molecule has 0 fully saturated rings. The van der Waals surface area contributed by atoms with Gasteiger partial charge in [-0.25, -0.2) is 4.72 Å². The van der Waals surface area contributed by atoms with E-state index in [1.807, 2.05) is 13.8 Å². The molecule has 0 rings (SSSR count). The van der Waals surface area contributed by atoms with Crippen molar-refractivity contribution in [1.82, 2.24) is 9.03 Å². The molecule has 1 unspecified atom stereocenters. The van der Waals surface area contributed by atoms with Crippen molar-refractivity contribution < 1.29 is 8.42 Å². The second-order valence-electron chi connectivity index (χ2n) is 3.84. The van der Waals surface area contributed by atoms with Crippen molar-refractivity contribution in [3.63, 3.8) is 0 Å². The number of unbranched alkanes of at least 4 members (excludes halogenated alkanes) is 1. The second-order valence-corrected chi connectivity index (χ2v) is 5.70. The van der Waals surface area contributed by atoms with E-state index >= 15 is 0 Å². The van der Waals surface area contributed by atoms with E-state index in [0.717, 1.165) is 12.8 Å². The Bertz CT molecular complexity index is 257. The third-order valence-electron chi connectivity index (χ3n) is 2.12. The summed E-state index contributed by atoms with van der Waals surface area (Å²) in [4.78, 5) is 0. The molecule has 0 heterocycles. The van der Waals surface area contributed by atoms with E-state index in [2.05, 4.69) is 4.72 Å². The highest BCUT2D eigenvalue weighted by Gasteiger charge is 2.15. The minimum atomic E-state index is -3.30. The third-order valence-corrected chi connectivity index (χ3v) is 3.69. The summed E-state index contributed by atoms with van der Waals surface area (Å²) >= 11 is 0. The lowest BCUT2D eigenvalue weighted by atomic mass is 10.3. The van der Waals surface area contributed by atoms with E-state index in [1.54, 1.807) is 7.05 Å². The molecule has 0 saturated heterocycles. The second kappa shape index (κ2) is 9.18. The molecule has 0 radical (unpaired) electrons. The molecule has 0 aliphatic rings. The molecule has 0 saturated carbocycles. The lowest BCUT2D eigenvalue weighted by molar-refractivity contribution is 0.447. The topological polar surface area (TPSA) is 75.4 Å². The number of nitrogens with zero attached hydrogens (tertiary/aromatic N) is 1. The zero-order chi connectivity index (χ0) is 11.9. The van der Waals surface area contributed by atoms with Gasteiger partial charge in [0, 0.05) is 26.2 Å². The van der Waals surface area contributed by atoms with Gasteiger partial charge in [-0.1, -0.05) is 13.3 Å². The Morgan fingerprint density at radius 2 is 2.00 bits per heavy atom. The van der Waals surface area contributed by atoms with Gasteiger partial charge in [0.15, 0.2) is 0 Å². The molecule has 0 aromatic rings. The molecule has 100 valence electrons. The van der Waals surface area contributed by atoms with Gasteiger partial charge in [0.05, 0.1) is 0 Å². The highest BCUT2D eigenvalue weighted by atomic mass is 35.5. The Labute approximate surface area is 105 Å². The Morgan fingerprint density at radius 1 is 1.44 bits per heavy atom. The molecule has 0 aromatic carbocycles. The van der Waals surface area contributed by atoms with Crippen molar-refractivity contribution >= 4 is 22.6 Å². The van der Waals surface area contributed by atoms with E-state index < -0.39 is 10.2 Å². The van der Waals surface area contributed by atoms with Crippen molar-refractivity contribution in [2.24, 2.45) is 5.73 Å². The Morgan fingerprint density at radius 3 is 2.44 bits per heavy atom. The zero-order valence-electron chi connectivity index (χ0n) is 10.3. The maximum absolute atomic E-state index is 11.6. The summed E-state index contributed by atoms with van der Waals surface area (Å²) in [6.07, 6.45) is 2.52. The lowest BCUT2D eigenvalue weighted by Gasteiger charge is -2.17. The summed E-state index contributed by atoms with van der Waals surface area (Å²) in [5, 5.41) is 0. The molecular formula is C9H24ClN3O2S. The molecule has 0 spiro atoms. The number of nitrogens with two attached hydrogens (primary N) is 1. The monoisotopic (exact) mass is 273 g/mol. The van der Waals surface area contributed by atoms with E-state index in [9.17, 15) is 8.42 Å². The maximum atomic E-state index is 11.6. The van der Waals surface area contributed by atoms with Gasteiger partial charge in [-0.3, -0.25) is 0 Å². The Hall–Kier alpha value is 0.120. The number of hydrogen-bond donors (Lipinski definition) is 2. The van der Waals surface area contributed by atoms with Crippen LogP contribution in [0.4, 0.5) is 0 Å². The van der Waals surface area contributed by atoms with Gasteiger partial charge in [-0.2, -0.15) is 12.7 Å². The molecule has 1 atom stereocenters. The summed E-state index contributed by atoms with van der Waals surface area (Å²) in [6, 6.07) is 0.0219. The zero-order valence-corrected chi connectivity index (χ0v) is 11.9. The van der Waals surface area contributed by atoms with Crippen molar-refractivity contribution in [1.29, 1.82) is 0 Å². The summed E-state index contributed by atoms with van der Waals surface area (Å²) in [7, 11) is -1.71. The number of hydrogen-bond acceptors (Lipinski definition) is 3. The molecule has 0 bridgehead atoms. The number of nitrogens with one attached hydrogen (secondary N) is 1. The highest BCUT2D eigenvalue weighted by molar-refractivity contribution is 7.87. The smallest absolute Gasteiger partial charge is 0.279 e. The van der Waals surface area contributed by atoms with Crippen molar-refractivity contribution in [3.05, 3.63) is 0 Å². The molecule has 3 N–H and O–H groups in total. The average Bonchev–Trinajstić information content (AvgIpc) is 2.13. The average molecular weight is 274 g/mol. The maximum Gasteiger partial charge on any atom is 0.279 e. The van der Waals surface area contributed by atoms with Crippen LogP contribution in [0.1, 0.15) is 33.1 Å². The van der Waals surface area contributed by atoms with Crippen LogP contribution in [0.25, 0.3) is 0 Å². The first-order chi connectivity index (χ1) is 6.90.